The molecule has 2 aromatic carbocycles. The fourth-order valence-corrected chi connectivity index (χ4v) is 3.92. The van der Waals surface area contributed by atoms with Gasteiger partial charge in [-0.2, -0.15) is 0 Å². The number of thiocarbonyl (C=S) groups is 1. The van der Waals surface area contributed by atoms with E-state index in [-0.39, 0.29) is 21.1 Å². The molecular formula is C13H10BrFN2O2S2. The Morgan fingerprint density at radius 1 is 1.24 bits per heavy atom. The van der Waals surface area contributed by atoms with Crippen LogP contribution < -0.4 is 10.5 Å². The summed E-state index contributed by atoms with van der Waals surface area (Å²) in [6.07, 6.45) is 0. The number of halogens is 2. The zero-order valence-electron chi connectivity index (χ0n) is 10.5. The van der Waals surface area contributed by atoms with Gasteiger partial charge in [-0.3, -0.25) is 4.72 Å². The van der Waals surface area contributed by atoms with Crippen LogP contribution in [-0.4, -0.2) is 13.4 Å². The van der Waals surface area contributed by atoms with Crippen LogP contribution in [0.1, 0.15) is 5.56 Å². The SMILES string of the molecule is NC(=S)c1cc(F)ccc1NS(=O)(=O)c1ccccc1Br. The Morgan fingerprint density at radius 2 is 1.90 bits per heavy atom. The topological polar surface area (TPSA) is 72.2 Å². The summed E-state index contributed by atoms with van der Waals surface area (Å²) in [7, 11) is -3.85. The maximum atomic E-state index is 13.2. The first-order valence-electron chi connectivity index (χ1n) is 5.68. The van der Waals surface area contributed by atoms with Crippen molar-refractivity contribution in [1.82, 2.24) is 0 Å². The second-order valence-corrected chi connectivity index (χ2v) is 7.04. The van der Waals surface area contributed by atoms with E-state index in [9.17, 15) is 12.8 Å². The van der Waals surface area contributed by atoms with Gasteiger partial charge in [0.15, 0.2) is 0 Å². The third-order valence-electron chi connectivity index (χ3n) is 2.62. The van der Waals surface area contributed by atoms with Crippen molar-refractivity contribution in [3.63, 3.8) is 0 Å². The van der Waals surface area contributed by atoms with Gasteiger partial charge in [-0.15, -0.1) is 0 Å². The Bertz CT molecular complexity index is 810. The number of benzene rings is 2. The average molecular weight is 389 g/mol. The van der Waals surface area contributed by atoms with Crippen molar-refractivity contribution >= 4 is 48.8 Å². The van der Waals surface area contributed by atoms with Gasteiger partial charge in [0.2, 0.25) is 0 Å². The highest BCUT2D eigenvalue weighted by atomic mass is 79.9. The second kappa shape index (κ2) is 6.08. The van der Waals surface area contributed by atoms with Crippen LogP contribution in [0.2, 0.25) is 0 Å². The minimum Gasteiger partial charge on any atom is -0.389 e. The average Bonchev–Trinajstić information content (AvgIpc) is 2.40. The minimum absolute atomic E-state index is 0.0585. The highest BCUT2D eigenvalue weighted by molar-refractivity contribution is 9.10. The van der Waals surface area contributed by atoms with E-state index in [1.54, 1.807) is 18.2 Å². The summed E-state index contributed by atoms with van der Waals surface area (Å²) in [5.41, 5.74) is 5.74. The van der Waals surface area contributed by atoms with Crippen LogP contribution in [0, 0.1) is 5.82 Å². The van der Waals surface area contributed by atoms with Gasteiger partial charge in [0.05, 0.1) is 5.69 Å². The van der Waals surface area contributed by atoms with E-state index in [1.807, 2.05) is 0 Å². The molecule has 3 N–H and O–H groups in total. The molecule has 4 nitrogen and oxygen atoms in total. The van der Waals surface area contributed by atoms with Gasteiger partial charge in [-0.05, 0) is 46.3 Å². The molecule has 0 aromatic heterocycles. The van der Waals surface area contributed by atoms with Gasteiger partial charge in [0.25, 0.3) is 10.0 Å². The van der Waals surface area contributed by atoms with Crippen LogP contribution in [0.25, 0.3) is 0 Å². The number of nitrogens with two attached hydrogens (primary N) is 1. The van der Waals surface area contributed by atoms with Crippen molar-refractivity contribution in [2.45, 2.75) is 4.90 Å². The van der Waals surface area contributed by atoms with Crippen molar-refractivity contribution in [2.24, 2.45) is 5.73 Å². The maximum absolute atomic E-state index is 13.2. The second-order valence-electron chi connectivity index (χ2n) is 4.09. The zero-order chi connectivity index (χ0) is 15.6. The van der Waals surface area contributed by atoms with Crippen LogP contribution in [0.4, 0.5) is 10.1 Å². The lowest BCUT2D eigenvalue weighted by molar-refractivity contribution is 0.600. The summed E-state index contributed by atoms with van der Waals surface area (Å²) in [5, 5.41) is 0. The number of nitrogens with one attached hydrogen (secondary N) is 1. The van der Waals surface area contributed by atoms with Gasteiger partial charge >= 0.3 is 0 Å². The summed E-state index contributed by atoms with van der Waals surface area (Å²) in [5.74, 6) is -0.554. The van der Waals surface area contributed by atoms with Crippen LogP contribution in [0.5, 0.6) is 0 Å². The molecule has 21 heavy (non-hydrogen) atoms. The van der Waals surface area contributed by atoms with Gasteiger partial charge in [-0.25, -0.2) is 12.8 Å². The van der Waals surface area contributed by atoms with Crippen LogP contribution >= 0.6 is 28.1 Å². The first-order chi connectivity index (χ1) is 9.81. The predicted molar refractivity (Wildman–Crippen MR) is 87.2 cm³/mol. The molecule has 0 bridgehead atoms. The molecule has 2 aromatic rings. The van der Waals surface area contributed by atoms with E-state index in [2.05, 4.69) is 20.7 Å². The largest absolute Gasteiger partial charge is 0.389 e. The molecule has 8 heteroatoms. The van der Waals surface area contributed by atoms with Crippen LogP contribution in [-0.2, 0) is 10.0 Å². The molecule has 0 radical (unpaired) electrons. The zero-order valence-corrected chi connectivity index (χ0v) is 13.7. The number of hydrogen-bond acceptors (Lipinski definition) is 3. The fourth-order valence-electron chi connectivity index (χ4n) is 1.67. The lowest BCUT2D eigenvalue weighted by Gasteiger charge is -2.13. The van der Waals surface area contributed by atoms with Crippen molar-refractivity contribution in [1.29, 1.82) is 0 Å². The first-order valence-corrected chi connectivity index (χ1v) is 8.36. The van der Waals surface area contributed by atoms with Gasteiger partial charge < -0.3 is 5.73 Å². The molecule has 0 aliphatic carbocycles. The van der Waals surface area contributed by atoms with E-state index in [0.717, 1.165) is 12.1 Å². The van der Waals surface area contributed by atoms with Gasteiger partial charge in [0, 0.05) is 10.0 Å². The highest BCUT2D eigenvalue weighted by Gasteiger charge is 2.19. The number of sulfonamides is 1. The summed E-state index contributed by atoms with van der Waals surface area (Å²) < 4.78 is 40.7. The molecular weight excluding hydrogens is 379 g/mol. The molecule has 0 atom stereocenters. The Kier molecular flexibility index (Phi) is 4.60. The van der Waals surface area contributed by atoms with Crippen LogP contribution in [0.15, 0.2) is 51.8 Å². The summed E-state index contributed by atoms with van der Waals surface area (Å²) in [4.78, 5) is -0.0393. The molecule has 0 heterocycles. The third-order valence-corrected chi connectivity index (χ3v) is 5.22. The quantitative estimate of drug-likeness (QED) is 0.789. The third kappa shape index (κ3) is 3.58. The van der Waals surface area contributed by atoms with Crippen molar-refractivity contribution in [3.8, 4) is 0 Å². The van der Waals surface area contributed by atoms with Crippen LogP contribution in [0.3, 0.4) is 0 Å². The molecule has 0 unspecified atom stereocenters. The Labute approximate surface area is 135 Å². The van der Waals surface area contributed by atoms with E-state index < -0.39 is 15.8 Å². The van der Waals surface area contributed by atoms with E-state index >= 15 is 0 Å². The molecule has 0 aliphatic heterocycles. The summed E-state index contributed by atoms with van der Waals surface area (Å²) in [6, 6.07) is 9.82. The molecule has 2 rings (SSSR count). The number of anilines is 1. The Balaban J connectivity index is 2.47. The number of hydrogen-bond donors (Lipinski definition) is 2. The summed E-state index contributed by atoms with van der Waals surface area (Å²) in [6.45, 7) is 0. The summed E-state index contributed by atoms with van der Waals surface area (Å²) >= 11 is 7.98. The normalized spacial score (nSPS) is 11.1. The minimum atomic E-state index is -3.85. The smallest absolute Gasteiger partial charge is 0.263 e. The lowest BCUT2D eigenvalue weighted by atomic mass is 10.2. The molecule has 0 saturated carbocycles. The molecule has 0 aliphatic rings. The van der Waals surface area contributed by atoms with Crippen molar-refractivity contribution in [2.75, 3.05) is 4.72 Å². The first kappa shape index (κ1) is 15.9. The fraction of sp³-hybridized carbons (Fsp3) is 0. The molecule has 110 valence electrons. The van der Waals surface area contributed by atoms with Gasteiger partial charge in [-0.1, -0.05) is 24.4 Å². The van der Waals surface area contributed by atoms with E-state index in [4.69, 9.17) is 18.0 Å². The maximum Gasteiger partial charge on any atom is 0.263 e. The van der Waals surface area contributed by atoms with Gasteiger partial charge in [0.1, 0.15) is 15.7 Å². The highest BCUT2D eigenvalue weighted by Crippen LogP contribution is 2.25. The standard InChI is InChI=1S/C13H10BrFN2O2S2/c14-10-3-1-2-4-12(10)21(18,19)17-11-6-5-8(15)7-9(11)13(16)20/h1-7,17H,(H2,16,20). The lowest BCUT2D eigenvalue weighted by Crippen LogP contribution is -2.18. The Morgan fingerprint density at radius 3 is 2.52 bits per heavy atom. The Hall–Kier alpha value is -1.51. The van der Waals surface area contributed by atoms with E-state index in [1.165, 1.54) is 12.1 Å². The molecule has 0 amide bonds. The van der Waals surface area contributed by atoms with Crippen molar-refractivity contribution < 1.29 is 12.8 Å². The monoisotopic (exact) mass is 388 g/mol. The molecule has 0 saturated heterocycles. The van der Waals surface area contributed by atoms with Crippen molar-refractivity contribution in [3.05, 3.63) is 58.3 Å². The molecule has 0 fully saturated rings. The van der Waals surface area contributed by atoms with E-state index in [0.29, 0.717) is 4.47 Å². The molecule has 0 spiro atoms. The number of rotatable bonds is 4. The predicted octanol–water partition coefficient (Wildman–Crippen LogP) is 3.02.